The third-order valence-corrected chi connectivity index (χ3v) is 8.40. The Morgan fingerprint density at radius 2 is 1.71 bits per heavy atom. The van der Waals surface area contributed by atoms with Crippen molar-refractivity contribution < 1.29 is 43.3 Å². The van der Waals surface area contributed by atoms with E-state index in [9.17, 15) is 34.3 Å². The van der Waals surface area contributed by atoms with Crippen molar-refractivity contribution in [2.45, 2.75) is 97.3 Å². The highest BCUT2D eigenvalue weighted by Crippen LogP contribution is 2.34. The van der Waals surface area contributed by atoms with Gasteiger partial charge in [0, 0.05) is 43.2 Å². The maximum atomic E-state index is 13.8. The minimum absolute atomic E-state index is 0.0738. The molecular weight excluding hydrogens is 658 g/mol. The van der Waals surface area contributed by atoms with E-state index in [1.165, 1.54) is 23.1 Å². The van der Waals surface area contributed by atoms with E-state index in [4.69, 9.17) is 14.2 Å². The van der Waals surface area contributed by atoms with E-state index in [2.05, 4.69) is 5.32 Å². The van der Waals surface area contributed by atoms with Crippen molar-refractivity contribution >= 4 is 41.3 Å². The highest BCUT2D eigenvalue weighted by Gasteiger charge is 2.40. The van der Waals surface area contributed by atoms with Gasteiger partial charge in [0.05, 0.1) is 18.2 Å². The fourth-order valence-electron chi connectivity index (χ4n) is 5.80. The van der Waals surface area contributed by atoms with E-state index in [0.29, 0.717) is 30.1 Å². The largest absolute Gasteiger partial charge is 0.443 e. The minimum atomic E-state index is -1.93. The fourth-order valence-corrected chi connectivity index (χ4v) is 5.80. The number of amides is 5. The summed E-state index contributed by atoms with van der Waals surface area (Å²) in [7, 11) is 0. The predicted octanol–water partition coefficient (Wildman–Crippen LogP) is 4.72. The Bertz CT molecular complexity index is 1720. The van der Waals surface area contributed by atoms with Crippen LogP contribution in [0.4, 0.5) is 21.0 Å². The van der Waals surface area contributed by atoms with Gasteiger partial charge in [-0.15, -0.1) is 0 Å². The summed E-state index contributed by atoms with van der Waals surface area (Å²) in [6, 6.07) is 11.5. The Morgan fingerprint density at radius 3 is 2.31 bits per heavy atom. The lowest BCUT2D eigenvalue weighted by atomic mass is 10.1. The van der Waals surface area contributed by atoms with Crippen LogP contribution in [0.2, 0.25) is 0 Å². The van der Waals surface area contributed by atoms with E-state index >= 15 is 0 Å². The number of hydrogen-bond donors (Lipinski definition) is 2. The number of benzene rings is 2. The molecule has 1 saturated heterocycles. The first-order valence-corrected chi connectivity index (χ1v) is 17.0. The van der Waals surface area contributed by atoms with Crippen LogP contribution in [0.25, 0.3) is 0 Å². The van der Waals surface area contributed by atoms with Crippen molar-refractivity contribution in [3.8, 4) is 6.07 Å². The molecule has 0 spiro atoms. The van der Waals surface area contributed by atoms with Crippen LogP contribution in [0.3, 0.4) is 0 Å². The molecule has 5 rings (SSSR count). The summed E-state index contributed by atoms with van der Waals surface area (Å²) >= 11 is 0. The fraction of sp³-hybridized carbons (Fsp3) is 0.514. The average Bonchev–Trinajstić information content (AvgIpc) is 3.84. The summed E-state index contributed by atoms with van der Waals surface area (Å²) in [4.78, 5) is 70.4. The van der Waals surface area contributed by atoms with Gasteiger partial charge in [0.15, 0.2) is 12.2 Å². The van der Waals surface area contributed by atoms with Crippen LogP contribution >= 0.6 is 0 Å². The number of hydrogen-bond acceptors (Lipinski definition) is 10. The summed E-state index contributed by atoms with van der Waals surface area (Å²) in [5.74, 6) is -1.13. The smallest absolute Gasteiger partial charge is 0.420 e. The normalized spacial score (nSPS) is 18.4. The van der Waals surface area contributed by atoms with Gasteiger partial charge in [-0.2, -0.15) is 5.26 Å². The molecule has 272 valence electrons. The Labute approximate surface area is 297 Å². The summed E-state index contributed by atoms with van der Waals surface area (Å²) in [6.07, 6.45) is -2.79. The lowest BCUT2D eigenvalue weighted by Crippen LogP contribution is -2.49. The van der Waals surface area contributed by atoms with Gasteiger partial charge in [-0.05, 0) is 108 Å². The number of fused-ring (bicyclic) bond motifs is 1. The Hall–Kier alpha value is -5.00. The number of anilines is 2. The van der Waals surface area contributed by atoms with E-state index < -0.39 is 54.0 Å². The molecule has 2 heterocycles. The second-order valence-electron chi connectivity index (χ2n) is 15.1. The molecule has 3 aliphatic rings. The topological polar surface area (TPSA) is 179 Å². The molecule has 1 saturated carbocycles. The van der Waals surface area contributed by atoms with Crippen LogP contribution < -0.4 is 10.2 Å². The van der Waals surface area contributed by atoms with Crippen molar-refractivity contribution in [3.63, 3.8) is 0 Å². The molecule has 0 bridgehead atoms. The molecule has 2 aromatic rings. The standard InChI is InChI=1S/C37H45N5O9/c1-36(2,3)50-34(47)42(35(48)51-37(4,5)6)21-25-16-26(12-10-23(25)18-38)39-31(44)29(43)30-33(46)41(14-7-15-49-30)27-13-11-24-20-40(19-22-8-9-22)32(45)28(24)17-27/h10-13,16-17,22,29-30,43H,7-9,14-15,19-21H2,1-6H3,(H,39,44). The molecular formula is C37H45N5O9. The quantitative estimate of drug-likeness (QED) is 0.391. The first-order chi connectivity index (χ1) is 23.9. The van der Waals surface area contributed by atoms with Gasteiger partial charge >= 0.3 is 12.2 Å². The molecule has 51 heavy (non-hydrogen) atoms. The molecule has 2 N–H and O–H groups in total. The Balaban J connectivity index is 1.31. The first-order valence-electron chi connectivity index (χ1n) is 17.0. The number of aliphatic hydroxyl groups excluding tert-OH is 1. The maximum Gasteiger partial charge on any atom is 0.420 e. The second kappa shape index (κ2) is 14.7. The Kier molecular flexibility index (Phi) is 10.7. The molecule has 2 unspecified atom stereocenters. The number of aliphatic hydroxyl groups is 1. The lowest BCUT2D eigenvalue weighted by molar-refractivity contribution is -0.145. The zero-order valence-corrected chi connectivity index (χ0v) is 29.9. The van der Waals surface area contributed by atoms with Gasteiger partial charge in [0.1, 0.15) is 11.2 Å². The Morgan fingerprint density at radius 1 is 1.04 bits per heavy atom. The number of nitrogens with one attached hydrogen (secondary N) is 1. The highest BCUT2D eigenvalue weighted by molar-refractivity contribution is 6.05. The van der Waals surface area contributed by atoms with Gasteiger partial charge in [0.25, 0.3) is 17.7 Å². The van der Waals surface area contributed by atoms with Crippen molar-refractivity contribution in [1.29, 1.82) is 5.26 Å². The van der Waals surface area contributed by atoms with E-state index in [-0.39, 0.29) is 35.9 Å². The number of carbonyl (C=O) groups excluding carboxylic acids is 5. The lowest BCUT2D eigenvalue weighted by Gasteiger charge is -2.29. The third kappa shape index (κ3) is 9.22. The van der Waals surface area contributed by atoms with Crippen molar-refractivity contribution in [1.82, 2.24) is 9.80 Å². The van der Waals surface area contributed by atoms with Crippen molar-refractivity contribution in [2.24, 2.45) is 5.92 Å². The summed E-state index contributed by atoms with van der Waals surface area (Å²) in [5.41, 5.74) is 0.414. The summed E-state index contributed by atoms with van der Waals surface area (Å²) < 4.78 is 16.5. The molecule has 14 heteroatoms. The number of rotatable bonds is 8. The minimum Gasteiger partial charge on any atom is -0.443 e. The monoisotopic (exact) mass is 703 g/mol. The van der Waals surface area contributed by atoms with Gasteiger partial charge in [-0.1, -0.05) is 6.07 Å². The van der Waals surface area contributed by atoms with Gasteiger partial charge in [-0.25, -0.2) is 14.5 Å². The van der Waals surface area contributed by atoms with Crippen LogP contribution in [0.1, 0.15) is 87.9 Å². The van der Waals surface area contributed by atoms with Crippen LogP contribution in [0, 0.1) is 17.2 Å². The highest BCUT2D eigenvalue weighted by atomic mass is 16.6. The molecule has 2 aromatic carbocycles. The molecule has 2 aliphatic heterocycles. The molecule has 0 radical (unpaired) electrons. The van der Waals surface area contributed by atoms with Crippen LogP contribution in [0.5, 0.6) is 0 Å². The SMILES string of the molecule is CC(C)(C)OC(=O)N(Cc1cc(NC(=O)C(O)C2OCCCN(c3ccc4c(c3)C(=O)N(CC3CC3)C4)C2=O)ccc1C#N)C(=O)OC(C)(C)C. The first kappa shape index (κ1) is 37.3. The predicted molar refractivity (Wildman–Crippen MR) is 184 cm³/mol. The number of imide groups is 1. The average molecular weight is 704 g/mol. The molecule has 0 aromatic heterocycles. The summed E-state index contributed by atoms with van der Waals surface area (Å²) in [6.45, 7) is 11.0. The molecule has 1 aliphatic carbocycles. The number of nitrogens with zero attached hydrogens (tertiary/aromatic N) is 4. The number of carbonyl (C=O) groups is 5. The molecule has 2 fully saturated rings. The molecule has 2 atom stereocenters. The zero-order chi connectivity index (χ0) is 37.2. The zero-order valence-electron chi connectivity index (χ0n) is 29.9. The van der Waals surface area contributed by atoms with Gasteiger partial charge < -0.3 is 34.4 Å². The van der Waals surface area contributed by atoms with E-state index in [0.717, 1.165) is 29.8 Å². The maximum absolute atomic E-state index is 13.8. The summed E-state index contributed by atoms with van der Waals surface area (Å²) in [5, 5.41) is 23.5. The third-order valence-electron chi connectivity index (χ3n) is 8.40. The second-order valence-corrected chi connectivity index (χ2v) is 15.1. The van der Waals surface area contributed by atoms with Crippen LogP contribution in [0.15, 0.2) is 36.4 Å². The molecule has 14 nitrogen and oxygen atoms in total. The van der Waals surface area contributed by atoms with Gasteiger partial charge in [0.2, 0.25) is 0 Å². The van der Waals surface area contributed by atoms with Crippen molar-refractivity contribution in [3.05, 3.63) is 58.7 Å². The number of nitriles is 1. The van der Waals surface area contributed by atoms with Gasteiger partial charge in [-0.3, -0.25) is 14.4 Å². The van der Waals surface area contributed by atoms with Crippen LogP contribution in [-0.4, -0.2) is 87.9 Å². The molecule has 5 amide bonds. The van der Waals surface area contributed by atoms with Crippen molar-refractivity contribution in [2.75, 3.05) is 29.9 Å². The van der Waals surface area contributed by atoms with Crippen LogP contribution in [-0.2, 0) is 36.9 Å². The van der Waals surface area contributed by atoms with E-state index in [1.807, 2.05) is 17.0 Å². The number of ether oxygens (including phenoxy) is 3. The van der Waals surface area contributed by atoms with E-state index in [1.54, 1.807) is 53.7 Å².